The maximum Gasteiger partial charge on any atom is 0.289 e. The number of aryl methyl sites for hydroxylation is 1. The summed E-state index contributed by atoms with van der Waals surface area (Å²) in [6.45, 7) is 5.94. The van der Waals surface area contributed by atoms with E-state index in [-0.39, 0.29) is 17.9 Å². The summed E-state index contributed by atoms with van der Waals surface area (Å²) in [5, 5.41) is 3.26. The topological polar surface area (TPSA) is 65.8 Å². The highest BCUT2D eigenvalue weighted by Crippen LogP contribution is 2.21. The molecule has 1 fully saturated rings. The quantitative estimate of drug-likeness (QED) is 0.826. The van der Waals surface area contributed by atoms with Crippen molar-refractivity contribution in [3.63, 3.8) is 0 Å². The summed E-state index contributed by atoms with van der Waals surface area (Å²) >= 11 is 3.48. The molecule has 0 spiro atoms. The zero-order valence-corrected chi connectivity index (χ0v) is 16.5. The number of anilines is 1. The maximum atomic E-state index is 12.7. The van der Waals surface area contributed by atoms with Gasteiger partial charge in [0.15, 0.2) is 5.76 Å². The van der Waals surface area contributed by atoms with Gasteiger partial charge in [-0.15, -0.1) is 0 Å². The van der Waals surface area contributed by atoms with Crippen LogP contribution in [0.2, 0.25) is 0 Å². The van der Waals surface area contributed by atoms with Crippen molar-refractivity contribution in [2.75, 3.05) is 31.5 Å². The first-order chi connectivity index (χ1) is 12.5. The Morgan fingerprint density at radius 2 is 1.85 bits per heavy atom. The van der Waals surface area contributed by atoms with E-state index in [0.29, 0.717) is 31.9 Å². The van der Waals surface area contributed by atoms with Gasteiger partial charge in [-0.3, -0.25) is 9.59 Å². The Balaban J connectivity index is 1.54. The van der Waals surface area contributed by atoms with E-state index in [4.69, 9.17) is 4.42 Å². The van der Waals surface area contributed by atoms with Crippen molar-refractivity contribution in [2.24, 2.45) is 0 Å². The van der Waals surface area contributed by atoms with E-state index in [1.807, 2.05) is 32.0 Å². The highest BCUT2D eigenvalue weighted by Gasteiger charge is 2.28. The highest BCUT2D eigenvalue weighted by atomic mass is 79.9. The molecule has 1 atom stereocenters. The molecular weight excluding hydrogens is 398 g/mol. The normalized spacial score (nSPS) is 15.7. The molecule has 0 radical (unpaired) electrons. The molecule has 26 heavy (non-hydrogen) atoms. The predicted octanol–water partition coefficient (Wildman–Crippen LogP) is 3.14. The van der Waals surface area contributed by atoms with E-state index < -0.39 is 0 Å². The van der Waals surface area contributed by atoms with E-state index in [2.05, 4.69) is 21.2 Å². The van der Waals surface area contributed by atoms with E-state index in [9.17, 15) is 9.59 Å². The lowest BCUT2D eigenvalue weighted by atomic mass is 10.2. The molecule has 6 nitrogen and oxygen atoms in total. The van der Waals surface area contributed by atoms with Crippen LogP contribution in [0.15, 0.2) is 45.5 Å². The molecule has 1 saturated heterocycles. The number of nitrogens with zero attached hydrogens (tertiary/aromatic N) is 2. The molecule has 7 heteroatoms. The molecular formula is C19H22BrN3O3. The summed E-state index contributed by atoms with van der Waals surface area (Å²) in [5.41, 5.74) is 2.03. The molecule has 138 valence electrons. The molecule has 0 unspecified atom stereocenters. The van der Waals surface area contributed by atoms with Gasteiger partial charge in [-0.2, -0.15) is 0 Å². The van der Waals surface area contributed by atoms with E-state index in [1.165, 1.54) is 6.26 Å². The van der Waals surface area contributed by atoms with Gasteiger partial charge >= 0.3 is 0 Å². The van der Waals surface area contributed by atoms with Gasteiger partial charge in [-0.1, -0.05) is 15.9 Å². The average molecular weight is 420 g/mol. The van der Waals surface area contributed by atoms with Gasteiger partial charge in [0.25, 0.3) is 5.91 Å². The van der Waals surface area contributed by atoms with Crippen molar-refractivity contribution in [3.05, 3.63) is 52.4 Å². The third-order valence-corrected chi connectivity index (χ3v) is 5.41. The molecule has 0 saturated carbocycles. The van der Waals surface area contributed by atoms with Crippen LogP contribution in [-0.2, 0) is 4.79 Å². The second kappa shape index (κ2) is 7.95. The minimum atomic E-state index is -0.331. The Hall–Kier alpha value is -2.28. The number of amides is 2. The summed E-state index contributed by atoms with van der Waals surface area (Å²) in [7, 11) is 0. The predicted molar refractivity (Wildman–Crippen MR) is 103 cm³/mol. The number of piperazine rings is 1. The van der Waals surface area contributed by atoms with Crippen molar-refractivity contribution in [2.45, 2.75) is 19.9 Å². The highest BCUT2D eigenvalue weighted by molar-refractivity contribution is 9.10. The zero-order valence-electron chi connectivity index (χ0n) is 14.9. The van der Waals surface area contributed by atoms with Crippen LogP contribution in [0.25, 0.3) is 0 Å². The minimum absolute atomic E-state index is 0.0377. The van der Waals surface area contributed by atoms with Crippen LogP contribution in [-0.4, -0.2) is 53.8 Å². The molecule has 2 heterocycles. The Kier molecular flexibility index (Phi) is 5.66. The number of carbonyl (C=O) groups excluding carboxylic acids is 2. The van der Waals surface area contributed by atoms with Crippen molar-refractivity contribution < 1.29 is 14.0 Å². The minimum Gasteiger partial charge on any atom is -0.459 e. The number of furan rings is 1. The van der Waals surface area contributed by atoms with Crippen LogP contribution in [0.5, 0.6) is 0 Å². The first-order valence-corrected chi connectivity index (χ1v) is 9.39. The molecule has 0 bridgehead atoms. The number of halogens is 1. The van der Waals surface area contributed by atoms with Crippen molar-refractivity contribution in [3.8, 4) is 0 Å². The van der Waals surface area contributed by atoms with Crippen LogP contribution in [0.1, 0.15) is 23.0 Å². The Morgan fingerprint density at radius 3 is 2.46 bits per heavy atom. The van der Waals surface area contributed by atoms with Gasteiger partial charge in [0, 0.05) is 36.3 Å². The number of benzene rings is 1. The van der Waals surface area contributed by atoms with Gasteiger partial charge < -0.3 is 19.5 Å². The third-order valence-electron chi connectivity index (χ3n) is 4.52. The molecule has 2 aromatic rings. The van der Waals surface area contributed by atoms with Crippen LogP contribution >= 0.6 is 15.9 Å². The molecule has 1 aromatic heterocycles. The smallest absolute Gasteiger partial charge is 0.289 e. The van der Waals surface area contributed by atoms with Gasteiger partial charge in [0.1, 0.15) is 6.04 Å². The summed E-state index contributed by atoms with van der Waals surface area (Å²) < 4.78 is 6.20. The monoisotopic (exact) mass is 419 g/mol. The van der Waals surface area contributed by atoms with Crippen molar-refractivity contribution in [1.29, 1.82) is 0 Å². The first kappa shape index (κ1) is 18.5. The molecule has 3 rings (SSSR count). The zero-order chi connectivity index (χ0) is 18.7. The number of nitrogens with one attached hydrogen (secondary N) is 1. The molecule has 1 aromatic carbocycles. The lowest BCUT2D eigenvalue weighted by Crippen LogP contribution is -2.53. The van der Waals surface area contributed by atoms with Crippen LogP contribution in [0, 0.1) is 6.92 Å². The van der Waals surface area contributed by atoms with Crippen LogP contribution in [0.4, 0.5) is 5.69 Å². The lowest BCUT2D eigenvalue weighted by Gasteiger charge is -2.35. The molecule has 0 aliphatic carbocycles. The third kappa shape index (κ3) is 4.09. The Morgan fingerprint density at radius 1 is 1.15 bits per heavy atom. The average Bonchev–Trinajstić information content (AvgIpc) is 3.18. The second-order valence-corrected chi connectivity index (χ2v) is 7.28. The number of hydrogen-bond donors (Lipinski definition) is 1. The fourth-order valence-corrected chi connectivity index (χ4v) is 3.25. The Bertz CT molecular complexity index is 783. The second-order valence-electron chi connectivity index (χ2n) is 6.42. The lowest BCUT2D eigenvalue weighted by molar-refractivity contribution is -0.133. The van der Waals surface area contributed by atoms with Gasteiger partial charge in [0.05, 0.1) is 6.26 Å². The fraction of sp³-hybridized carbons (Fsp3) is 0.368. The van der Waals surface area contributed by atoms with Gasteiger partial charge in [-0.25, -0.2) is 0 Å². The molecule has 1 aliphatic heterocycles. The summed E-state index contributed by atoms with van der Waals surface area (Å²) in [4.78, 5) is 28.5. The Labute approximate surface area is 161 Å². The van der Waals surface area contributed by atoms with Crippen LogP contribution in [0.3, 0.4) is 0 Å². The maximum absolute atomic E-state index is 12.7. The van der Waals surface area contributed by atoms with Crippen molar-refractivity contribution in [1.82, 2.24) is 9.80 Å². The first-order valence-electron chi connectivity index (χ1n) is 8.60. The molecule has 1 N–H and O–H groups in total. The summed E-state index contributed by atoms with van der Waals surface area (Å²) in [5.74, 6) is 0.250. The van der Waals surface area contributed by atoms with Gasteiger partial charge in [-0.05, 0) is 49.7 Å². The van der Waals surface area contributed by atoms with Crippen molar-refractivity contribution >= 4 is 33.4 Å². The number of hydrogen-bond acceptors (Lipinski definition) is 4. The van der Waals surface area contributed by atoms with Crippen LogP contribution < -0.4 is 5.32 Å². The van der Waals surface area contributed by atoms with Gasteiger partial charge in [0.2, 0.25) is 5.91 Å². The molecule has 1 aliphatic rings. The fourth-order valence-electron chi connectivity index (χ4n) is 3.01. The molecule has 2 amide bonds. The standard InChI is InChI=1S/C19H22BrN3O3/c1-13-12-15(5-6-16(13)20)21-14(2)18(24)22-7-9-23(10-8-22)19(25)17-4-3-11-26-17/h3-6,11-12,14,21H,7-10H2,1-2H3/t14-/m0/s1. The number of carbonyl (C=O) groups is 2. The largest absolute Gasteiger partial charge is 0.459 e. The van der Waals surface area contributed by atoms with E-state index in [1.54, 1.807) is 21.9 Å². The number of rotatable bonds is 4. The van der Waals surface area contributed by atoms with E-state index >= 15 is 0 Å². The summed E-state index contributed by atoms with van der Waals surface area (Å²) in [6.07, 6.45) is 1.49. The van der Waals surface area contributed by atoms with E-state index in [0.717, 1.165) is 15.7 Å². The SMILES string of the molecule is Cc1cc(N[C@@H](C)C(=O)N2CCN(C(=O)c3ccco3)CC2)ccc1Br. The summed E-state index contributed by atoms with van der Waals surface area (Å²) in [6, 6.07) is 8.95.